The average Bonchev–Trinajstić information content (AvgIpc) is 2.78. The lowest BCUT2D eigenvalue weighted by Crippen LogP contribution is -2.12. The van der Waals surface area contributed by atoms with Crippen LogP contribution in [0, 0.1) is 11.8 Å². The van der Waals surface area contributed by atoms with E-state index in [0.29, 0.717) is 33.9 Å². The molecule has 1 aromatic heterocycles. The molecule has 1 heterocycles. The predicted octanol–water partition coefficient (Wildman–Crippen LogP) is 2.43. The molecule has 0 saturated carbocycles. The Kier molecular flexibility index (Phi) is 6.38. The number of rotatable bonds is 5. The summed E-state index contributed by atoms with van der Waals surface area (Å²) >= 11 is 0. The second-order valence-corrected chi connectivity index (χ2v) is 6.38. The number of aromatic nitrogens is 1. The summed E-state index contributed by atoms with van der Waals surface area (Å²) in [5.74, 6) is 6.07. The van der Waals surface area contributed by atoms with Crippen molar-refractivity contribution < 1.29 is 19.1 Å². The maximum absolute atomic E-state index is 12.6. The molecule has 0 fully saturated rings. The minimum Gasteiger partial charge on any atom is -0.493 e. The highest BCUT2D eigenvalue weighted by Gasteiger charge is 2.11. The fraction of sp³-hybridized carbons (Fsp3) is 0.0870. The Bertz CT molecular complexity index is 1210. The zero-order valence-electron chi connectivity index (χ0n) is 16.9. The number of hydrogen-bond donors (Lipinski definition) is 3. The van der Waals surface area contributed by atoms with Gasteiger partial charge in [-0.1, -0.05) is 17.9 Å². The molecule has 0 aliphatic heterocycles. The van der Waals surface area contributed by atoms with Gasteiger partial charge in [0.1, 0.15) is 5.82 Å². The Balaban J connectivity index is 1.81. The lowest BCUT2D eigenvalue weighted by Gasteiger charge is -2.10. The summed E-state index contributed by atoms with van der Waals surface area (Å²) in [4.78, 5) is 27.9. The van der Waals surface area contributed by atoms with Crippen molar-refractivity contribution in [3.8, 4) is 23.3 Å². The second-order valence-electron chi connectivity index (χ2n) is 6.38. The first-order valence-electron chi connectivity index (χ1n) is 9.12. The number of amides is 2. The second kappa shape index (κ2) is 9.33. The molecule has 2 aromatic carbocycles. The smallest absolute Gasteiger partial charge is 0.255 e. The van der Waals surface area contributed by atoms with Gasteiger partial charge in [-0.2, -0.15) is 0 Å². The van der Waals surface area contributed by atoms with E-state index in [-0.39, 0.29) is 17.3 Å². The molecule has 0 saturated heterocycles. The van der Waals surface area contributed by atoms with Gasteiger partial charge in [-0.15, -0.1) is 0 Å². The molecule has 2 amide bonds. The summed E-state index contributed by atoms with van der Waals surface area (Å²) in [6.45, 7) is 0. The SMILES string of the molecule is COc1ccc(C(=O)Nc2cccc(C#Cc3cc(C(N)=O)cnc3N)c2)cc1OC. The molecule has 31 heavy (non-hydrogen) atoms. The number of carbonyl (C=O) groups excluding carboxylic acids is 2. The van der Waals surface area contributed by atoms with Gasteiger partial charge in [-0.25, -0.2) is 4.98 Å². The number of primary amides is 1. The van der Waals surface area contributed by atoms with Crippen LogP contribution < -0.4 is 26.3 Å². The van der Waals surface area contributed by atoms with Gasteiger partial charge < -0.3 is 26.3 Å². The number of nitrogen functional groups attached to an aromatic ring is 1. The number of nitrogens with zero attached hydrogens (tertiary/aromatic N) is 1. The number of hydrogen-bond acceptors (Lipinski definition) is 6. The molecule has 8 nitrogen and oxygen atoms in total. The Hall–Kier alpha value is -4.51. The first-order chi connectivity index (χ1) is 14.9. The maximum atomic E-state index is 12.6. The quantitative estimate of drug-likeness (QED) is 0.548. The summed E-state index contributed by atoms with van der Waals surface area (Å²) in [6.07, 6.45) is 1.30. The van der Waals surface area contributed by atoms with Crippen LogP contribution in [-0.2, 0) is 0 Å². The summed E-state index contributed by atoms with van der Waals surface area (Å²) in [5, 5.41) is 2.82. The first kappa shape index (κ1) is 21.2. The van der Waals surface area contributed by atoms with Gasteiger partial charge in [0.15, 0.2) is 11.5 Å². The molecule has 8 heteroatoms. The number of methoxy groups -OCH3 is 2. The number of carbonyl (C=O) groups is 2. The Morgan fingerprint density at radius 1 is 0.968 bits per heavy atom. The van der Waals surface area contributed by atoms with Crippen molar-refractivity contribution in [3.05, 3.63) is 77.0 Å². The van der Waals surface area contributed by atoms with E-state index in [2.05, 4.69) is 22.1 Å². The molecule has 3 rings (SSSR count). The molecule has 156 valence electrons. The van der Waals surface area contributed by atoms with Crippen LogP contribution in [0.25, 0.3) is 0 Å². The Morgan fingerprint density at radius 3 is 2.45 bits per heavy atom. The number of ether oxygens (including phenoxy) is 2. The van der Waals surface area contributed by atoms with Crippen LogP contribution in [0.2, 0.25) is 0 Å². The standard InChI is InChI=1S/C23H20N4O4/c1-30-19-9-8-16(12-20(19)31-2)23(29)27-18-5-3-4-14(10-18)6-7-15-11-17(22(25)28)13-26-21(15)24/h3-5,8-13H,1-2H3,(H2,24,26)(H2,25,28)(H,27,29). The van der Waals surface area contributed by atoms with Crippen LogP contribution in [0.3, 0.4) is 0 Å². The van der Waals surface area contributed by atoms with Crippen LogP contribution in [0.5, 0.6) is 11.5 Å². The molecule has 0 bridgehead atoms. The maximum Gasteiger partial charge on any atom is 0.255 e. The van der Waals surface area contributed by atoms with Gasteiger partial charge in [0.2, 0.25) is 5.91 Å². The minimum atomic E-state index is -0.615. The third-order valence-electron chi connectivity index (χ3n) is 4.31. The monoisotopic (exact) mass is 416 g/mol. The fourth-order valence-electron chi connectivity index (χ4n) is 2.71. The van der Waals surface area contributed by atoms with Gasteiger partial charge in [0, 0.05) is 23.0 Å². The highest BCUT2D eigenvalue weighted by Crippen LogP contribution is 2.28. The Labute approximate surface area is 179 Å². The minimum absolute atomic E-state index is 0.190. The van der Waals surface area contributed by atoms with Crippen LogP contribution in [-0.4, -0.2) is 31.0 Å². The fourth-order valence-corrected chi connectivity index (χ4v) is 2.71. The van der Waals surface area contributed by atoms with Crippen molar-refractivity contribution in [2.75, 3.05) is 25.3 Å². The van der Waals surface area contributed by atoms with Crippen LogP contribution in [0.15, 0.2) is 54.7 Å². The predicted molar refractivity (Wildman–Crippen MR) is 117 cm³/mol. The summed E-state index contributed by atoms with van der Waals surface area (Å²) < 4.78 is 10.4. The summed E-state index contributed by atoms with van der Waals surface area (Å²) in [5.41, 5.74) is 13.3. The largest absolute Gasteiger partial charge is 0.493 e. The number of nitrogens with one attached hydrogen (secondary N) is 1. The third-order valence-corrected chi connectivity index (χ3v) is 4.31. The van der Waals surface area contributed by atoms with Crippen molar-refractivity contribution in [1.82, 2.24) is 4.98 Å². The van der Waals surface area contributed by atoms with Gasteiger partial charge in [0.05, 0.1) is 25.3 Å². The van der Waals surface area contributed by atoms with E-state index >= 15 is 0 Å². The molecule has 0 spiro atoms. The van der Waals surface area contributed by atoms with E-state index in [1.165, 1.54) is 26.5 Å². The number of anilines is 2. The van der Waals surface area contributed by atoms with Crippen LogP contribution >= 0.6 is 0 Å². The van der Waals surface area contributed by atoms with Crippen molar-refractivity contribution in [3.63, 3.8) is 0 Å². The van der Waals surface area contributed by atoms with Crippen molar-refractivity contribution >= 4 is 23.3 Å². The molecule has 0 radical (unpaired) electrons. The van der Waals surface area contributed by atoms with Gasteiger partial charge in [-0.05, 0) is 42.5 Å². The molecule has 0 atom stereocenters. The molecule has 0 aliphatic rings. The lowest BCUT2D eigenvalue weighted by atomic mass is 10.1. The zero-order chi connectivity index (χ0) is 22.4. The van der Waals surface area contributed by atoms with E-state index in [4.69, 9.17) is 20.9 Å². The number of nitrogens with two attached hydrogens (primary N) is 2. The molecule has 0 aliphatic carbocycles. The molecular formula is C23H20N4O4. The number of benzene rings is 2. The van der Waals surface area contributed by atoms with E-state index in [1.807, 2.05) is 0 Å². The van der Waals surface area contributed by atoms with Crippen molar-refractivity contribution in [2.24, 2.45) is 5.73 Å². The third kappa shape index (κ3) is 5.10. The topological polar surface area (TPSA) is 130 Å². The highest BCUT2D eigenvalue weighted by molar-refractivity contribution is 6.04. The first-order valence-corrected chi connectivity index (χ1v) is 9.12. The summed E-state index contributed by atoms with van der Waals surface area (Å²) in [6, 6.07) is 13.4. The summed E-state index contributed by atoms with van der Waals surface area (Å²) in [7, 11) is 3.03. The molecule has 0 unspecified atom stereocenters. The molecular weight excluding hydrogens is 396 g/mol. The molecule has 3 aromatic rings. The highest BCUT2D eigenvalue weighted by atomic mass is 16.5. The van der Waals surface area contributed by atoms with E-state index in [0.717, 1.165) is 0 Å². The van der Waals surface area contributed by atoms with Crippen LogP contribution in [0.4, 0.5) is 11.5 Å². The van der Waals surface area contributed by atoms with Gasteiger partial charge in [0.25, 0.3) is 5.91 Å². The normalized spacial score (nSPS) is 9.87. The van der Waals surface area contributed by atoms with E-state index in [1.54, 1.807) is 42.5 Å². The zero-order valence-corrected chi connectivity index (χ0v) is 16.9. The van der Waals surface area contributed by atoms with Crippen molar-refractivity contribution in [2.45, 2.75) is 0 Å². The van der Waals surface area contributed by atoms with Crippen molar-refractivity contribution in [1.29, 1.82) is 0 Å². The Morgan fingerprint density at radius 2 is 1.74 bits per heavy atom. The number of pyridine rings is 1. The van der Waals surface area contributed by atoms with Gasteiger partial charge in [-0.3, -0.25) is 9.59 Å². The lowest BCUT2D eigenvalue weighted by molar-refractivity contribution is 0.0997. The van der Waals surface area contributed by atoms with Gasteiger partial charge >= 0.3 is 0 Å². The van der Waals surface area contributed by atoms with Crippen LogP contribution in [0.1, 0.15) is 31.8 Å². The van der Waals surface area contributed by atoms with E-state index < -0.39 is 5.91 Å². The molecule has 5 N–H and O–H groups in total. The van der Waals surface area contributed by atoms with E-state index in [9.17, 15) is 9.59 Å². The average molecular weight is 416 g/mol.